The number of unbranched alkanes of at least 4 members (excludes halogenated alkanes) is 5. The summed E-state index contributed by atoms with van der Waals surface area (Å²) in [4.78, 5) is 10.9. The van der Waals surface area contributed by atoms with E-state index in [9.17, 15) is 4.79 Å². The Bertz CT molecular complexity index is 219. The molecule has 0 aromatic carbocycles. The van der Waals surface area contributed by atoms with Crippen LogP contribution in [0.2, 0.25) is 0 Å². The zero-order valence-corrected chi connectivity index (χ0v) is 12.4. The summed E-state index contributed by atoms with van der Waals surface area (Å²) in [6.07, 6.45) is 14.8. The van der Waals surface area contributed by atoms with Gasteiger partial charge in [0.1, 0.15) is 0 Å². The summed E-state index contributed by atoms with van der Waals surface area (Å²) in [5, 5.41) is 0. The van der Waals surface area contributed by atoms with E-state index in [2.05, 4.69) is 30.7 Å². The molecule has 0 radical (unpaired) electrons. The second kappa shape index (κ2) is 12.7. The molecule has 0 bridgehead atoms. The summed E-state index contributed by atoms with van der Waals surface area (Å²) in [6, 6.07) is 0. The molecule has 0 saturated heterocycles. The van der Waals surface area contributed by atoms with Gasteiger partial charge < -0.3 is 4.74 Å². The molecule has 0 amide bonds. The molecule has 0 aromatic rings. The molecule has 0 N–H and O–H groups in total. The number of carbonyl (C=O) groups is 1. The van der Waals surface area contributed by atoms with Gasteiger partial charge in [0.25, 0.3) is 0 Å². The minimum absolute atomic E-state index is 0.0805. The molecule has 106 valence electrons. The summed E-state index contributed by atoms with van der Waals surface area (Å²) < 4.78 is 4.60. The van der Waals surface area contributed by atoms with Crippen molar-refractivity contribution >= 4 is 5.97 Å². The number of ether oxygens (including phenoxy) is 1. The van der Waals surface area contributed by atoms with Gasteiger partial charge in [-0.25, -0.2) is 0 Å². The van der Waals surface area contributed by atoms with Gasteiger partial charge in [0, 0.05) is 6.42 Å². The molecule has 0 aliphatic rings. The van der Waals surface area contributed by atoms with E-state index in [-0.39, 0.29) is 5.97 Å². The van der Waals surface area contributed by atoms with Crippen LogP contribution in [-0.4, -0.2) is 13.1 Å². The zero-order chi connectivity index (χ0) is 13.6. The van der Waals surface area contributed by atoms with Crippen LogP contribution >= 0.6 is 0 Å². The van der Waals surface area contributed by atoms with E-state index < -0.39 is 0 Å². The van der Waals surface area contributed by atoms with Gasteiger partial charge in [-0.05, 0) is 38.0 Å². The van der Waals surface area contributed by atoms with Gasteiger partial charge in [0.15, 0.2) is 0 Å². The van der Waals surface area contributed by atoms with Crippen LogP contribution in [0.15, 0.2) is 12.2 Å². The molecule has 0 atom stereocenters. The van der Waals surface area contributed by atoms with Gasteiger partial charge in [-0.1, -0.05) is 45.3 Å². The third-order valence-electron chi connectivity index (χ3n) is 3.06. The normalized spacial score (nSPS) is 11.3. The van der Waals surface area contributed by atoms with Crippen molar-refractivity contribution in [1.82, 2.24) is 0 Å². The lowest BCUT2D eigenvalue weighted by atomic mass is 10.1. The maximum absolute atomic E-state index is 10.9. The summed E-state index contributed by atoms with van der Waals surface area (Å²) in [6.45, 7) is 4.53. The quantitative estimate of drug-likeness (QED) is 0.298. The highest BCUT2D eigenvalue weighted by Gasteiger charge is 1.98. The first kappa shape index (κ1) is 17.2. The van der Waals surface area contributed by atoms with Crippen LogP contribution in [0.4, 0.5) is 0 Å². The second-order valence-electron chi connectivity index (χ2n) is 5.33. The van der Waals surface area contributed by atoms with Crippen LogP contribution in [0.5, 0.6) is 0 Å². The number of esters is 1. The zero-order valence-electron chi connectivity index (χ0n) is 12.4. The molecule has 0 spiro atoms. The van der Waals surface area contributed by atoms with Gasteiger partial charge >= 0.3 is 5.97 Å². The molecule has 0 aromatic heterocycles. The van der Waals surface area contributed by atoms with E-state index in [4.69, 9.17) is 0 Å². The van der Waals surface area contributed by atoms with Crippen LogP contribution in [0.1, 0.15) is 71.6 Å². The van der Waals surface area contributed by atoms with Crippen molar-refractivity contribution in [1.29, 1.82) is 0 Å². The van der Waals surface area contributed by atoms with Gasteiger partial charge in [-0.2, -0.15) is 0 Å². The number of hydrogen-bond acceptors (Lipinski definition) is 2. The second-order valence-corrected chi connectivity index (χ2v) is 5.33. The van der Waals surface area contributed by atoms with E-state index >= 15 is 0 Å². The first-order valence-corrected chi connectivity index (χ1v) is 7.38. The fourth-order valence-electron chi connectivity index (χ4n) is 1.83. The van der Waals surface area contributed by atoms with Crippen molar-refractivity contribution in [3.63, 3.8) is 0 Å². The highest BCUT2D eigenvalue weighted by atomic mass is 16.5. The fraction of sp³-hybridized carbons (Fsp3) is 0.812. The summed E-state index contributed by atoms with van der Waals surface area (Å²) in [7, 11) is 1.45. The minimum Gasteiger partial charge on any atom is -0.469 e. The number of methoxy groups -OCH3 is 1. The Morgan fingerprint density at radius 3 is 2.28 bits per heavy atom. The van der Waals surface area contributed by atoms with E-state index in [1.54, 1.807) is 0 Å². The molecule has 2 heteroatoms. The van der Waals surface area contributed by atoms with E-state index in [1.807, 2.05) is 0 Å². The SMILES string of the molecule is COC(=O)CCCCCCCC=CCCC(C)C. The first-order chi connectivity index (χ1) is 8.66. The highest BCUT2D eigenvalue weighted by molar-refractivity contribution is 5.68. The molecule has 0 rings (SSSR count). The first-order valence-electron chi connectivity index (χ1n) is 7.38. The Labute approximate surface area is 113 Å². The van der Waals surface area contributed by atoms with Crippen molar-refractivity contribution in [3.8, 4) is 0 Å². The van der Waals surface area contributed by atoms with Crippen LogP contribution < -0.4 is 0 Å². The van der Waals surface area contributed by atoms with Gasteiger partial charge in [-0.3, -0.25) is 4.79 Å². The Kier molecular flexibility index (Phi) is 12.1. The molecule has 0 fully saturated rings. The van der Waals surface area contributed by atoms with Crippen molar-refractivity contribution in [2.75, 3.05) is 7.11 Å². The van der Waals surface area contributed by atoms with Crippen molar-refractivity contribution < 1.29 is 9.53 Å². The topological polar surface area (TPSA) is 26.3 Å². The smallest absolute Gasteiger partial charge is 0.305 e. The molecule has 0 unspecified atom stereocenters. The molecule has 2 nitrogen and oxygen atoms in total. The summed E-state index contributed by atoms with van der Waals surface area (Å²) in [5.74, 6) is 0.729. The molecule has 0 heterocycles. The maximum atomic E-state index is 10.9. The Hall–Kier alpha value is -0.790. The number of hydrogen-bond donors (Lipinski definition) is 0. The predicted octanol–water partition coefficient (Wildman–Crippen LogP) is 4.88. The van der Waals surface area contributed by atoms with E-state index in [0.717, 1.165) is 18.8 Å². The summed E-state index contributed by atoms with van der Waals surface area (Å²) >= 11 is 0. The monoisotopic (exact) mass is 254 g/mol. The lowest BCUT2D eigenvalue weighted by Crippen LogP contribution is -1.98. The summed E-state index contributed by atoms with van der Waals surface area (Å²) in [5.41, 5.74) is 0. The lowest BCUT2D eigenvalue weighted by Gasteiger charge is -2.00. The van der Waals surface area contributed by atoms with Crippen LogP contribution in [0.3, 0.4) is 0 Å². The van der Waals surface area contributed by atoms with Crippen molar-refractivity contribution in [2.24, 2.45) is 5.92 Å². The number of allylic oxidation sites excluding steroid dienone is 2. The molecular weight excluding hydrogens is 224 g/mol. The fourth-order valence-corrected chi connectivity index (χ4v) is 1.83. The standard InChI is InChI=1S/C16H30O2/c1-15(2)13-11-9-7-5-4-6-8-10-12-14-16(17)18-3/h7,9,15H,4-6,8,10-14H2,1-3H3. The van der Waals surface area contributed by atoms with E-state index in [0.29, 0.717) is 6.42 Å². The van der Waals surface area contributed by atoms with E-state index in [1.165, 1.54) is 45.6 Å². The Balaban J connectivity index is 3.14. The van der Waals surface area contributed by atoms with Gasteiger partial charge in [0.2, 0.25) is 0 Å². The average Bonchev–Trinajstić information content (AvgIpc) is 2.35. The lowest BCUT2D eigenvalue weighted by molar-refractivity contribution is -0.140. The molecular formula is C16H30O2. The molecule has 0 saturated carbocycles. The van der Waals surface area contributed by atoms with Gasteiger partial charge in [0.05, 0.1) is 7.11 Å². The van der Waals surface area contributed by atoms with Crippen molar-refractivity contribution in [3.05, 3.63) is 12.2 Å². The molecule has 18 heavy (non-hydrogen) atoms. The van der Waals surface area contributed by atoms with Crippen molar-refractivity contribution in [2.45, 2.75) is 71.6 Å². The van der Waals surface area contributed by atoms with Crippen LogP contribution in [0, 0.1) is 5.92 Å². The van der Waals surface area contributed by atoms with Crippen LogP contribution in [0.25, 0.3) is 0 Å². The predicted molar refractivity (Wildman–Crippen MR) is 77.5 cm³/mol. The molecule has 0 aliphatic heterocycles. The minimum atomic E-state index is -0.0805. The third-order valence-corrected chi connectivity index (χ3v) is 3.06. The molecule has 0 aliphatic carbocycles. The van der Waals surface area contributed by atoms with Gasteiger partial charge in [-0.15, -0.1) is 0 Å². The number of carbonyl (C=O) groups excluding carboxylic acids is 1. The average molecular weight is 254 g/mol. The van der Waals surface area contributed by atoms with Crippen LogP contribution in [-0.2, 0) is 9.53 Å². The Morgan fingerprint density at radius 1 is 1.00 bits per heavy atom. The highest BCUT2D eigenvalue weighted by Crippen LogP contribution is 2.09. The largest absolute Gasteiger partial charge is 0.469 e. The Morgan fingerprint density at radius 2 is 1.61 bits per heavy atom. The number of rotatable bonds is 11. The third kappa shape index (κ3) is 13.3. The maximum Gasteiger partial charge on any atom is 0.305 e.